The van der Waals surface area contributed by atoms with Gasteiger partial charge in [-0.05, 0) is 25.1 Å². The van der Waals surface area contributed by atoms with Crippen molar-refractivity contribution in [3.05, 3.63) is 22.2 Å². The van der Waals surface area contributed by atoms with Gasteiger partial charge in [0.25, 0.3) is 0 Å². The van der Waals surface area contributed by atoms with Crippen LogP contribution in [0.1, 0.15) is 31.4 Å². The van der Waals surface area contributed by atoms with Crippen molar-refractivity contribution in [1.82, 2.24) is 10.3 Å². The number of hydrogen-bond acceptors (Lipinski definition) is 5. The van der Waals surface area contributed by atoms with Gasteiger partial charge in [0.1, 0.15) is 0 Å². The largest absolute Gasteiger partial charge is 0.493 e. The summed E-state index contributed by atoms with van der Waals surface area (Å²) in [6.07, 6.45) is 2.23. The van der Waals surface area contributed by atoms with Gasteiger partial charge in [-0.15, -0.1) is 0 Å². The van der Waals surface area contributed by atoms with Crippen LogP contribution in [0.25, 0.3) is 0 Å². The molecular formula is C17H24BrN3O2. The van der Waals surface area contributed by atoms with Crippen LogP contribution >= 0.6 is 15.9 Å². The van der Waals surface area contributed by atoms with Crippen LogP contribution in [-0.2, 0) is 0 Å². The van der Waals surface area contributed by atoms with Gasteiger partial charge in [0.15, 0.2) is 11.5 Å². The molecule has 23 heavy (non-hydrogen) atoms. The standard InChI is InChI=1S/C17H24BrN3O2/c1-4-6-21-7-5-14-13(10-21)16(20-19-14)12-8-11(18)9-15(22-2)17(12)23-3/h8-9,13,16,20H,4-7,10H2,1-3H3. The molecule has 2 unspecified atom stereocenters. The summed E-state index contributed by atoms with van der Waals surface area (Å²) < 4.78 is 12.1. The molecule has 0 aliphatic carbocycles. The number of halogens is 1. The molecule has 3 rings (SSSR count). The lowest BCUT2D eigenvalue weighted by Gasteiger charge is -2.33. The first kappa shape index (κ1) is 16.6. The zero-order chi connectivity index (χ0) is 16.4. The van der Waals surface area contributed by atoms with Crippen molar-refractivity contribution in [2.24, 2.45) is 11.0 Å². The number of piperidine rings is 1. The lowest BCUT2D eigenvalue weighted by molar-refractivity contribution is 0.226. The molecule has 0 aromatic heterocycles. The summed E-state index contributed by atoms with van der Waals surface area (Å²) in [6, 6.07) is 4.17. The van der Waals surface area contributed by atoms with E-state index in [9.17, 15) is 0 Å². The van der Waals surface area contributed by atoms with Gasteiger partial charge >= 0.3 is 0 Å². The Morgan fingerprint density at radius 1 is 1.35 bits per heavy atom. The van der Waals surface area contributed by atoms with Crippen molar-refractivity contribution in [3.63, 3.8) is 0 Å². The van der Waals surface area contributed by atoms with Crippen LogP contribution in [0.3, 0.4) is 0 Å². The number of ether oxygens (including phenoxy) is 2. The zero-order valence-corrected chi connectivity index (χ0v) is 15.5. The second kappa shape index (κ2) is 7.09. The average Bonchev–Trinajstić information content (AvgIpc) is 2.97. The summed E-state index contributed by atoms with van der Waals surface area (Å²) in [5.41, 5.74) is 5.71. The van der Waals surface area contributed by atoms with Crippen molar-refractivity contribution < 1.29 is 9.47 Å². The van der Waals surface area contributed by atoms with E-state index in [-0.39, 0.29) is 6.04 Å². The van der Waals surface area contributed by atoms with E-state index in [1.165, 1.54) is 12.1 Å². The minimum Gasteiger partial charge on any atom is -0.493 e. The lowest BCUT2D eigenvalue weighted by atomic mass is 9.86. The first-order valence-corrected chi connectivity index (χ1v) is 8.93. The Labute approximate surface area is 146 Å². The maximum atomic E-state index is 5.64. The highest BCUT2D eigenvalue weighted by molar-refractivity contribution is 9.10. The summed E-state index contributed by atoms with van der Waals surface area (Å²) in [5, 5.41) is 4.60. The number of benzene rings is 1. The second-order valence-electron chi connectivity index (χ2n) is 6.10. The van der Waals surface area contributed by atoms with Gasteiger partial charge in [0.2, 0.25) is 0 Å². The lowest BCUT2D eigenvalue weighted by Crippen LogP contribution is -2.42. The number of hydrogen-bond donors (Lipinski definition) is 1. The summed E-state index contributed by atoms with van der Waals surface area (Å²) >= 11 is 3.58. The molecule has 6 heteroatoms. The van der Waals surface area contributed by atoms with Gasteiger partial charge in [-0.25, -0.2) is 0 Å². The van der Waals surface area contributed by atoms with Gasteiger partial charge in [0.05, 0.1) is 20.3 Å². The Morgan fingerprint density at radius 2 is 2.17 bits per heavy atom. The third-order valence-corrected chi connectivity index (χ3v) is 5.12. The number of rotatable bonds is 5. The van der Waals surface area contributed by atoms with Gasteiger partial charge in [-0.3, -0.25) is 0 Å². The number of fused-ring (bicyclic) bond motifs is 1. The third kappa shape index (κ3) is 3.19. The molecule has 5 nitrogen and oxygen atoms in total. The van der Waals surface area contributed by atoms with Gasteiger partial charge in [0, 0.05) is 41.2 Å². The Balaban J connectivity index is 1.91. The van der Waals surface area contributed by atoms with Gasteiger partial charge in [-0.1, -0.05) is 22.9 Å². The fourth-order valence-electron chi connectivity index (χ4n) is 3.61. The first-order chi connectivity index (χ1) is 11.2. The highest BCUT2D eigenvalue weighted by Crippen LogP contribution is 2.42. The molecule has 2 atom stereocenters. The summed E-state index contributed by atoms with van der Waals surface area (Å²) in [6.45, 7) is 5.53. The first-order valence-electron chi connectivity index (χ1n) is 8.13. The minimum absolute atomic E-state index is 0.131. The highest BCUT2D eigenvalue weighted by atomic mass is 79.9. The Kier molecular flexibility index (Phi) is 5.11. The number of likely N-dealkylation sites (tertiary alicyclic amines) is 1. The molecule has 2 heterocycles. The molecule has 1 N–H and O–H groups in total. The monoisotopic (exact) mass is 381 g/mol. The Hall–Kier alpha value is -1.27. The Bertz CT molecular complexity index is 606. The van der Waals surface area contributed by atoms with Gasteiger partial charge in [-0.2, -0.15) is 5.10 Å². The summed E-state index contributed by atoms with van der Waals surface area (Å²) in [5.74, 6) is 1.92. The Morgan fingerprint density at radius 3 is 2.87 bits per heavy atom. The molecule has 0 radical (unpaired) electrons. The van der Waals surface area contributed by atoms with Crippen LogP contribution in [0.2, 0.25) is 0 Å². The van der Waals surface area contributed by atoms with E-state index in [1.807, 2.05) is 6.07 Å². The van der Waals surface area contributed by atoms with Crippen molar-refractivity contribution in [1.29, 1.82) is 0 Å². The number of nitrogens with zero attached hydrogens (tertiary/aromatic N) is 2. The molecule has 0 saturated carbocycles. The fourth-order valence-corrected chi connectivity index (χ4v) is 4.06. The van der Waals surface area contributed by atoms with E-state index in [0.717, 1.165) is 47.6 Å². The van der Waals surface area contributed by atoms with E-state index < -0.39 is 0 Å². The molecule has 0 bridgehead atoms. The molecule has 1 fully saturated rings. The van der Waals surface area contributed by atoms with Crippen molar-refractivity contribution in [2.75, 3.05) is 33.9 Å². The molecule has 126 valence electrons. The summed E-state index contributed by atoms with van der Waals surface area (Å²) in [7, 11) is 3.36. The normalized spacial score (nSPS) is 23.9. The maximum Gasteiger partial charge on any atom is 0.166 e. The van der Waals surface area contributed by atoms with Crippen LogP contribution in [0.5, 0.6) is 11.5 Å². The molecule has 1 aromatic rings. The SMILES string of the molecule is CCCN1CCC2=NNC(c3cc(Br)cc(OC)c3OC)C2C1. The van der Waals surface area contributed by atoms with Crippen molar-refractivity contribution in [3.8, 4) is 11.5 Å². The smallest absolute Gasteiger partial charge is 0.166 e. The van der Waals surface area contributed by atoms with Crippen LogP contribution in [0.4, 0.5) is 0 Å². The van der Waals surface area contributed by atoms with E-state index in [0.29, 0.717) is 5.92 Å². The number of methoxy groups -OCH3 is 2. The van der Waals surface area contributed by atoms with Crippen molar-refractivity contribution in [2.45, 2.75) is 25.8 Å². The molecule has 0 amide bonds. The van der Waals surface area contributed by atoms with Crippen LogP contribution in [-0.4, -0.2) is 44.5 Å². The molecular weight excluding hydrogens is 358 g/mol. The topological polar surface area (TPSA) is 46.1 Å². The number of hydrazone groups is 1. The molecule has 2 aliphatic heterocycles. The second-order valence-corrected chi connectivity index (χ2v) is 7.01. The number of nitrogens with one attached hydrogen (secondary N) is 1. The quantitative estimate of drug-likeness (QED) is 0.850. The highest BCUT2D eigenvalue weighted by Gasteiger charge is 2.38. The van der Waals surface area contributed by atoms with Crippen LogP contribution in [0, 0.1) is 5.92 Å². The third-order valence-electron chi connectivity index (χ3n) is 4.66. The fraction of sp³-hybridized carbons (Fsp3) is 0.588. The molecule has 1 aromatic carbocycles. The van der Waals surface area contributed by atoms with E-state index in [1.54, 1.807) is 14.2 Å². The molecule has 1 saturated heterocycles. The van der Waals surface area contributed by atoms with Crippen LogP contribution in [0.15, 0.2) is 21.7 Å². The molecule has 0 spiro atoms. The minimum atomic E-state index is 0.131. The zero-order valence-electron chi connectivity index (χ0n) is 13.9. The van der Waals surface area contributed by atoms with E-state index >= 15 is 0 Å². The van der Waals surface area contributed by atoms with E-state index in [2.05, 4.69) is 44.3 Å². The maximum absolute atomic E-state index is 5.64. The van der Waals surface area contributed by atoms with Crippen LogP contribution < -0.4 is 14.9 Å². The molecule has 2 aliphatic rings. The van der Waals surface area contributed by atoms with Crippen molar-refractivity contribution >= 4 is 21.6 Å². The van der Waals surface area contributed by atoms with E-state index in [4.69, 9.17) is 9.47 Å². The predicted molar refractivity (Wildman–Crippen MR) is 95.4 cm³/mol. The van der Waals surface area contributed by atoms with Gasteiger partial charge < -0.3 is 19.8 Å². The average molecular weight is 382 g/mol. The predicted octanol–water partition coefficient (Wildman–Crippen LogP) is 3.20. The summed E-state index contributed by atoms with van der Waals surface area (Å²) in [4.78, 5) is 2.53.